The van der Waals surface area contributed by atoms with Gasteiger partial charge >= 0.3 is 221 Å². The van der Waals surface area contributed by atoms with E-state index in [4.69, 9.17) is 4.74 Å². The standard InChI is InChI=1S/C28H27N3O5Se/c1-29-26(33)18-10-13-23-21(15-18)25(16-31(23)2)37-24-7-5-4-6-20(24)27(34)30-22(28(35)36-3)14-17-8-11-19(32)12-9-17/h4-13,15-16,22,32H,14H2,1-3H3,(H,29,33)(H,30,34)/t22-/m0/s1. The molecule has 0 aliphatic carbocycles. The Morgan fingerprint density at radius 2 is 1.73 bits per heavy atom. The van der Waals surface area contributed by atoms with Crippen LogP contribution in [0.3, 0.4) is 0 Å². The first kappa shape index (κ1) is 26.0. The Morgan fingerprint density at radius 3 is 2.43 bits per heavy atom. The van der Waals surface area contributed by atoms with Gasteiger partial charge in [0.2, 0.25) is 0 Å². The number of nitrogens with zero attached hydrogens (tertiary/aromatic N) is 1. The van der Waals surface area contributed by atoms with Crippen LogP contribution in [0.25, 0.3) is 10.9 Å². The Morgan fingerprint density at radius 1 is 1.00 bits per heavy atom. The summed E-state index contributed by atoms with van der Waals surface area (Å²) in [5, 5.41) is 16.0. The van der Waals surface area contributed by atoms with Gasteiger partial charge < -0.3 is 0 Å². The van der Waals surface area contributed by atoms with Crippen molar-refractivity contribution in [2.75, 3.05) is 14.2 Å². The summed E-state index contributed by atoms with van der Waals surface area (Å²) in [5.74, 6) is -0.973. The summed E-state index contributed by atoms with van der Waals surface area (Å²) in [6.45, 7) is 0. The number of carbonyl (C=O) groups excluding carboxylic acids is 3. The average Bonchev–Trinajstić information content (AvgIpc) is 3.22. The van der Waals surface area contributed by atoms with E-state index < -0.39 is 12.0 Å². The van der Waals surface area contributed by atoms with E-state index in [1.54, 1.807) is 37.4 Å². The van der Waals surface area contributed by atoms with Crippen molar-refractivity contribution >= 4 is 52.6 Å². The predicted molar refractivity (Wildman–Crippen MR) is 143 cm³/mol. The second-order valence-corrected chi connectivity index (χ2v) is 10.7. The summed E-state index contributed by atoms with van der Waals surface area (Å²) in [6, 6.07) is 18.5. The summed E-state index contributed by atoms with van der Waals surface area (Å²) in [4.78, 5) is 38.0. The van der Waals surface area contributed by atoms with E-state index in [1.807, 2.05) is 42.1 Å². The number of hydrogen-bond donors (Lipinski definition) is 3. The summed E-state index contributed by atoms with van der Waals surface area (Å²) >= 11 is -0.257. The third-order valence-electron chi connectivity index (χ3n) is 5.96. The van der Waals surface area contributed by atoms with Crippen molar-refractivity contribution in [3.8, 4) is 5.75 Å². The Kier molecular flexibility index (Phi) is 7.96. The molecule has 0 radical (unpaired) electrons. The van der Waals surface area contributed by atoms with Crippen LogP contribution in [0.4, 0.5) is 0 Å². The van der Waals surface area contributed by atoms with Crippen LogP contribution in [0.5, 0.6) is 5.75 Å². The number of amides is 2. The molecule has 1 heterocycles. The fourth-order valence-corrected chi connectivity index (χ4v) is 6.41. The van der Waals surface area contributed by atoms with E-state index in [0.717, 1.165) is 25.4 Å². The first-order chi connectivity index (χ1) is 17.8. The van der Waals surface area contributed by atoms with E-state index in [-0.39, 0.29) is 38.9 Å². The molecule has 0 aliphatic rings. The van der Waals surface area contributed by atoms with Crippen molar-refractivity contribution in [3.63, 3.8) is 0 Å². The van der Waals surface area contributed by atoms with Crippen molar-refractivity contribution in [2.45, 2.75) is 12.5 Å². The molecule has 0 bridgehead atoms. The molecule has 4 rings (SSSR count). The molecule has 0 aliphatic heterocycles. The van der Waals surface area contributed by atoms with Crippen molar-refractivity contribution < 1.29 is 24.2 Å². The van der Waals surface area contributed by atoms with Crippen molar-refractivity contribution in [2.24, 2.45) is 7.05 Å². The number of benzene rings is 3. The second kappa shape index (κ2) is 11.3. The molecule has 0 saturated carbocycles. The fourth-order valence-electron chi connectivity index (χ4n) is 4.02. The van der Waals surface area contributed by atoms with Crippen LogP contribution < -0.4 is 19.6 Å². The molecule has 0 unspecified atom stereocenters. The fraction of sp³-hybridized carbons (Fsp3) is 0.179. The van der Waals surface area contributed by atoms with Crippen molar-refractivity contribution in [1.29, 1.82) is 0 Å². The molecule has 4 aromatic rings. The molecular weight excluding hydrogens is 537 g/mol. The molecule has 1 atom stereocenters. The van der Waals surface area contributed by atoms with Crippen LogP contribution in [0.2, 0.25) is 0 Å². The molecule has 8 nitrogen and oxygen atoms in total. The summed E-state index contributed by atoms with van der Waals surface area (Å²) in [7, 11) is 4.83. The molecule has 1 aromatic heterocycles. The number of aromatic hydroxyl groups is 1. The van der Waals surface area contributed by atoms with Gasteiger partial charge in [0.25, 0.3) is 0 Å². The molecule has 190 valence electrons. The monoisotopic (exact) mass is 565 g/mol. The SMILES string of the molecule is CNC(=O)c1ccc2c(c1)c([Se]c1ccccc1C(=O)N[C@@H](Cc1ccc(O)cc1)C(=O)OC)cn2C. The number of fused-ring (bicyclic) bond motifs is 1. The van der Waals surface area contributed by atoms with Crippen LogP contribution in [0.1, 0.15) is 26.3 Å². The van der Waals surface area contributed by atoms with Gasteiger partial charge in [-0.25, -0.2) is 0 Å². The normalized spacial score (nSPS) is 11.6. The number of carbonyl (C=O) groups is 3. The molecule has 3 N–H and O–H groups in total. The van der Waals surface area contributed by atoms with Gasteiger partial charge in [-0.3, -0.25) is 0 Å². The number of rotatable bonds is 8. The third-order valence-corrected chi connectivity index (χ3v) is 8.31. The maximum atomic E-state index is 13.4. The Bertz CT molecular complexity index is 1460. The van der Waals surface area contributed by atoms with Gasteiger partial charge in [0, 0.05) is 0 Å². The van der Waals surface area contributed by atoms with Crippen molar-refractivity contribution in [1.82, 2.24) is 15.2 Å². The Labute approximate surface area is 220 Å². The molecule has 9 heteroatoms. The van der Waals surface area contributed by atoms with E-state index in [0.29, 0.717) is 11.1 Å². The van der Waals surface area contributed by atoms with Crippen LogP contribution >= 0.6 is 0 Å². The Balaban J connectivity index is 1.62. The van der Waals surface area contributed by atoms with Crippen LogP contribution in [0.15, 0.2) is 72.9 Å². The van der Waals surface area contributed by atoms with Gasteiger partial charge in [-0.15, -0.1) is 0 Å². The Hall–Kier alpha value is -4.07. The zero-order valence-electron chi connectivity index (χ0n) is 20.6. The first-order valence-corrected chi connectivity index (χ1v) is 13.3. The number of aryl methyl sites for hydroxylation is 1. The first-order valence-electron chi connectivity index (χ1n) is 11.6. The van der Waals surface area contributed by atoms with Gasteiger partial charge in [0.1, 0.15) is 0 Å². The number of aromatic nitrogens is 1. The van der Waals surface area contributed by atoms with Gasteiger partial charge in [-0.2, -0.15) is 0 Å². The molecular formula is C28H27N3O5Se. The zero-order valence-corrected chi connectivity index (χ0v) is 22.4. The van der Waals surface area contributed by atoms with E-state index in [2.05, 4.69) is 10.6 Å². The second-order valence-electron chi connectivity index (χ2n) is 8.43. The van der Waals surface area contributed by atoms with Gasteiger partial charge in [-0.05, 0) is 0 Å². The van der Waals surface area contributed by atoms with E-state index in [9.17, 15) is 19.5 Å². The van der Waals surface area contributed by atoms with E-state index >= 15 is 0 Å². The maximum absolute atomic E-state index is 13.4. The minimum atomic E-state index is -0.893. The molecule has 37 heavy (non-hydrogen) atoms. The number of nitrogens with one attached hydrogen (secondary N) is 2. The number of phenolic OH excluding ortho intramolecular Hbond substituents is 1. The summed E-state index contributed by atoms with van der Waals surface area (Å²) in [6.07, 6.45) is 2.24. The zero-order chi connectivity index (χ0) is 26.5. The molecule has 2 amide bonds. The quantitative estimate of drug-likeness (QED) is 0.222. The van der Waals surface area contributed by atoms with E-state index in [1.165, 1.54) is 19.2 Å². The molecule has 0 fully saturated rings. The summed E-state index contributed by atoms with van der Waals surface area (Å²) in [5.41, 5.74) is 2.81. The van der Waals surface area contributed by atoms with Crippen LogP contribution in [-0.4, -0.2) is 62.6 Å². The number of esters is 1. The van der Waals surface area contributed by atoms with Crippen molar-refractivity contribution in [3.05, 3.63) is 89.6 Å². The van der Waals surface area contributed by atoms with Gasteiger partial charge in [0.15, 0.2) is 0 Å². The molecule has 0 spiro atoms. The number of methoxy groups -OCH3 is 1. The number of phenols is 1. The van der Waals surface area contributed by atoms with Gasteiger partial charge in [0.05, 0.1) is 0 Å². The summed E-state index contributed by atoms with van der Waals surface area (Å²) < 4.78 is 8.81. The molecule has 0 saturated heterocycles. The average molecular weight is 565 g/mol. The van der Waals surface area contributed by atoms with Crippen LogP contribution in [0, 0.1) is 0 Å². The molecule has 3 aromatic carbocycles. The number of hydrogen-bond acceptors (Lipinski definition) is 5. The minimum absolute atomic E-state index is 0.120. The van der Waals surface area contributed by atoms with Crippen LogP contribution in [-0.2, 0) is 23.0 Å². The van der Waals surface area contributed by atoms with Gasteiger partial charge in [-0.1, -0.05) is 0 Å². The third kappa shape index (κ3) is 5.85. The topological polar surface area (TPSA) is 110 Å². The number of ether oxygens (including phenoxy) is 1. The predicted octanol–water partition coefficient (Wildman–Crippen LogP) is 1.41.